The summed E-state index contributed by atoms with van der Waals surface area (Å²) in [7, 11) is 0. The van der Waals surface area contributed by atoms with Crippen molar-refractivity contribution in [3.8, 4) is 5.75 Å². The molecule has 140 valence electrons. The Balaban J connectivity index is 2.18. The number of hydrogen-bond donors (Lipinski definition) is 1. The van der Waals surface area contributed by atoms with Gasteiger partial charge < -0.3 is 4.74 Å². The maximum absolute atomic E-state index is 13.7. The quantitative estimate of drug-likeness (QED) is 0.736. The van der Waals surface area contributed by atoms with Crippen LogP contribution in [-0.4, -0.2) is 29.2 Å². The number of hydrogen-bond acceptors (Lipinski definition) is 3. The van der Waals surface area contributed by atoms with Gasteiger partial charge in [-0.2, -0.15) is 18.2 Å². The minimum Gasteiger partial charge on any atom is -0.494 e. The number of carbonyl (C=O) groups is 1. The summed E-state index contributed by atoms with van der Waals surface area (Å²) in [6, 6.07) is 4.01. The summed E-state index contributed by atoms with van der Waals surface area (Å²) >= 11 is 0. The lowest BCUT2D eigenvalue weighted by Gasteiger charge is -2.37. The van der Waals surface area contributed by atoms with Crippen LogP contribution >= 0.6 is 0 Å². The Hall–Kier alpha value is -1.76. The zero-order chi connectivity index (χ0) is 18.7. The summed E-state index contributed by atoms with van der Waals surface area (Å²) in [5, 5.41) is 1.01. The van der Waals surface area contributed by atoms with Crippen LogP contribution in [0.1, 0.15) is 58.1 Å². The van der Waals surface area contributed by atoms with Crippen molar-refractivity contribution in [3.63, 3.8) is 0 Å². The standard InChI is InChI=1S/C18H25F3N2O2/c1-4-5-6-11-25-14-9-7-13(8-10-14)16(18(19,20)21)23-17(2,3)12-15(24)22-23/h7-10,16H,4-6,11-12H2,1-3H3,(H,22,24)/t16-/m0/s1. The summed E-state index contributed by atoms with van der Waals surface area (Å²) in [6.07, 6.45) is -1.45. The Morgan fingerprint density at radius 2 is 1.88 bits per heavy atom. The molecule has 1 aromatic carbocycles. The molecular formula is C18H25F3N2O2. The molecule has 2 rings (SSSR count). The van der Waals surface area contributed by atoms with Crippen molar-refractivity contribution in [1.82, 2.24) is 10.4 Å². The summed E-state index contributed by atoms with van der Waals surface area (Å²) in [5.41, 5.74) is 1.50. The fraction of sp³-hybridized carbons (Fsp3) is 0.611. The van der Waals surface area contributed by atoms with Gasteiger partial charge >= 0.3 is 6.18 Å². The molecule has 0 aromatic heterocycles. The minimum absolute atomic E-state index is 0.0260. The van der Waals surface area contributed by atoms with E-state index in [1.165, 1.54) is 12.1 Å². The number of nitrogens with one attached hydrogen (secondary N) is 1. The number of ether oxygens (including phenoxy) is 1. The molecule has 1 aliphatic heterocycles. The molecule has 1 fully saturated rings. The van der Waals surface area contributed by atoms with Crippen LogP contribution in [0.25, 0.3) is 0 Å². The highest BCUT2D eigenvalue weighted by Gasteiger charge is 2.52. The third kappa shape index (κ3) is 4.87. The first kappa shape index (κ1) is 19.6. The van der Waals surface area contributed by atoms with Gasteiger partial charge in [0.2, 0.25) is 5.91 Å². The zero-order valence-corrected chi connectivity index (χ0v) is 14.8. The van der Waals surface area contributed by atoms with Gasteiger partial charge in [0.15, 0.2) is 6.04 Å². The molecule has 1 aliphatic rings. The van der Waals surface area contributed by atoms with E-state index >= 15 is 0 Å². The van der Waals surface area contributed by atoms with Gasteiger partial charge in [-0.1, -0.05) is 31.9 Å². The van der Waals surface area contributed by atoms with E-state index in [0.717, 1.165) is 24.3 Å². The normalized spacial score (nSPS) is 18.9. The molecule has 0 spiro atoms. The summed E-state index contributed by atoms with van der Waals surface area (Å²) in [4.78, 5) is 11.6. The van der Waals surface area contributed by atoms with Gasteiger partial charge in [-0.15, -0.1) is 0 Å². The van der Waals surface area contributed by atoms with Crippen molar-refractivity contribution in [1.29, 1.82) is 0 Å². The molecule has 0 unspecified atom stereocenters. The molecule has 4 nitrogen and oxygen atoms in total. The van der Waals surface area contributed by atoms with Crippen LogP contribution in [0.4, 0.5) is 13.2 Å². The Morgan fingerprint density at radius 1 is 1.24 bits per heavy atom. The summed E-state index contributed by atoms with van der Waals surface area (Å²) in [5.74, 6) is 0.139. The van der Waals surface area contributed by atoms with Crippen molar-refractivity contribution >= 4 is 5.91 Å². The number of halogens is 3. The highest BCUT2D eigenvalue weighted by Crippen LogP contribution is 2.42. The number of amides is 1. The van der Waals surface area contributed by atoms with Gasteiger partial charge in [0.25, 0.3) is 0 Å². The smallest absolute Gasteiger partial charge is 0.409 e. The first-order valence-electron chi connectivity index (χ1n) is 8.53. The van der Waals surface area contributed by atoms with E-state index in [4.69, 9.17) is 4.74 Å². The molecule has 0 radical (unpaired) electrons. The lowest BCUT2D eigenvalue weighted by Crippen LogP contribution is -2.51. The fourth-order valence-corrected chi connectivity index (χ4v) is 2.99. The van der Waals surface area contributed by atoms with Gasteiger partial charge in [0, 0.05) is 12.0 Å². The van der Waals surface area contributed by atoms with Crippen LogP contribution in [0.5, 0.6) is 5.75 Å². The fourth-order valence-electron chi connectivity index (χ4n) is 2.99. The number of carbonyl (C=O) groups excluding carboxylic acids is 1. The average Bonchev–Trinajstić information content (AvgIpc) is 2.76. The highest BCUT2D eigenvalue weighted by atomic mass is 19.4. The van der Waals surface area contributed by atoms with E-state index in [9.17, 15) is 18.0 Å². The Bertz CT molecular complexity index is 585. The van der Waals surface area contributed by atoms with Gasteiger partial charge in [0.1, 0.15) is 5.75 Å². The second kappa shape index (κ2) is 7.64. The van der Waals surface area contributed by atoms with Crippen LogP contribution in [0.15, 0.2) is 24.3 Å². The lowest BCUT2D eigenvalue weighted by atomic mass is 9.97. The topological polar surface area (TPSA) is 41.6 Å². The number of unbranched alkanes of at least 4 members (excludes halogenated alkanes) is 2. The Morgan fingerprint density at radius 3 is 2.36 bits per heavy atom. The van der Waals surface area contributed by atoms with Crippen LogP contribution in [0, 0.1) is 0 Å². The van der Waals surface area contributed by atoms with Crippen molar-refractivity contribution in [2.45, 2.75) is 64.2 Å². The number of rotatable bonds is 7. The van der Waals surface area contributed by atoms with Crippen LogP contribution in [0.3, 0.4) is 0 Å². The molecule has 1 amide bonds. The van der Waals surface area contributed by atoms with E-state index in [-0.39, 0.29) is 12.0 Å². The number of hydrazine groups is 1. The van der Waals surface area contributed by atoms with Crippen LogP contribution < -0.4 is 10.2 Å². The molecular weight excluding hydrogens is 333 g/mol. The summed E-state index contributed by atoms with van der Waals surface area (Å²) < 4.78 is 46.6. The second-order valence-corrected chi connectivity index (χ2v) is 6.96. The van der Waals surface area contributed by atoms with Crippen molar-refractivity contribution in [3.05, 3.63) is 29.8 Å². The van der Waals surface area contributed by atoms with Gasteiger partial charge in [-0.05, 0) is 38.0 Å². The van der Waals surface area contributed by atoms with E-state index in [2.05, 4.69) is 12.3 Å². The number of alkyl halides is 3. The first-order chi connectivity index (χ1) is 11.6. The Labute approximate surface area is 146 Å². The second-order valence-electron chi connectivity index (χ2n) is 6.96. The van der Waals surface area contributed by atoms with Crippen molar-refractivity contribution < 1.29 is 22.7 Å². The predicted octanol–water partition coefficient (Wildman–Crippen LogP) is 4.37. The maximum Gasteiger partial charge on any atom is 0.409 e. The van der Waals surface area contributed by atoms with E-state index in [0.29, 0.717) is 12.4 Å². The van der Waals surface area contributed by atoms with Gasteiger partial charge in [0.05, 0.1) is 6.61 Å². The first-order valence-corrected chi connectivity index (χ1v) is 8.53. The molecule has 1 atom stereocenters. The third-order valence-electron chi connectivity index (χ3n) is 4.27. The average molecular weight is 358 g/mol. The zero-order valence-electron chi connectivity index (χ0n) is 14.8. The van der Waals surface area contributed by atoms with Crippen LogP contribution in [0.2, 0.25) is 0 Å². The van der Waals surface area contributed by atoms with E-state index in [1.54, 1.807) is 26.0 Å². The molecule has 1 aromatic rings. The highest BCUT2D eigenvalue weighted by molar-refractivity contribution is 5.79. The maximum atomic E-state index is 13.7. The van der Waals surface area contributed by atoms with Crippen LogP contribution in [-0.2, 0) is 4.79 Å². The Kier molecular flexibility index (Phi) is 5.98. The van der Waals surface area contributed by atoms with Crippen molar-refractivity contribution in [2.24, 2.45) is 0 Å². The molecule has 1 N–H and O–H groups in total. The molecule has 1 heterocycles. The van der Waals surface area contributed by atoms with E-state index < -0.39 is 23.7 Å². The van der Waals surface area contributed by atoms with Gasteiger partial charge in [-0.3, -0.25) is 10.2 Å². The number of benzene rings is 1. The molecule has 7 heteroatoms. The predicted molar refractivity (Wildman–Crippen MR) is 88.9 cm³/mol. The summed E-state index contributed by atoms with van der Waals surface area (Å²) in [6.45, 7) is 5.87. The SMILES string of the molecule is CCCCCOc1ccc([C@H](N2NC(=O)CC2(C)C)C(F)(F)F)cc1. The molecule has 0 aliphatic carbocycles. The number of nitrogens with zero attached hydrogens (tertiary/aromatic N) is 1. The largest absolute Gasteiger partial charge is 0.494 e. The molecule has 0 bridgehead atoms. The van der Waals surface area contributed by atoms with Gasteiger partial charge in [-0.25, -0.2) is 0 Å². The molecule has 0 saturated carbocycles. The lowest BCUT2D eigenvalue weighted by molar-refractivity contribution is -0.203. The van der Waals surface area contributed by atoms with Crippen molar-refractivity contribution in [2.75, 3.05) is 6.61 Å². The monoisotopic (exact) mass is 358 g/mol. The van der Waals surface area contributed by atoms with E-state index in [1.807, 2.05) is 0 Å². The minimum atomic E-state index is -4.52. The third-order valence-corrected chi connectivity index (χ3v) is 4.27. The molecule has 25 heavy (non-hydrogen) atoms. The molecule has 1 saturated heterocycles.